The molecule has 0 amide bonds. The number of carbonyl (C=O) groups is 1. The Kier molecular flexibility index (Phi) is 5.25. The standard InChI is InChI=1S/C8H15NO3/c1-3-5-7(9(11)12)8(10)6-4-2/h7H,3-6H2,1-2H3. The van der Waals surface area contributed by atoms with Crippen LogP contribution < -0.4 is 0 Å². The molecule has 12 heavy (non-hydrogen) atoms. The topological polar surface area (TPSA) is 60.2 Å². The first-order chi connectivity index (χ1) is 5.63. The Bertz CT molecular complexity index is 168. The van der Waals surface area contributed by atoms with Gasteiger partial charge >= 0.3 is 0 Å². The number of carbonyl (C=O) groups excluding carboxylic acids is 1. The molecule has 0 rings (SSSR count). The summed E-state index contributed by atoms with van der Waals surface area (Å²) in [5, 5.41) is 10.4. The molecule has 0 radical (unpaired) electrons. The van der Waals surface area contributed by atoms with Gasteiger partial charge in [-0.05, 0) is 12.8 Å². The molecule has 0 N–H and O–H groups in total. The van der Waals surface area contributed by atoms with E-state index in [1.165, 1.54) is 0 Å². The number of hydrogen-bond donors (Lipinski definition) is 0. The summed E-state index contributed by atoms with van der Waals surface area (Å²) in [6.07, 6.45) is 2.06. The van der Waals surface area contributed by atoms with Crippen molar-refractivity contribution in [2.75, 3.05) is 0 Å². The van der Waals surface area contributed by atoms with Crippen molar-refractivity contribution in [3.63, 3.8) is 0 Å². The average Bonchev–Trinajstić information content (AvgIpc) is 1.99. The molecule has 0 fully saturated rings. The van der Waals surface area contributed by atoms with E-state index >= 15 is 0 Å². The molecule has 0 bridgehead atoms. The summed E-state index contributed by atoms with van der Waals surface area (Å²) < 4.78 is 0. The minimum absolute atomic E-state index is 0.232. The van der Waals surface area contributed by atoms with Crippen LogP contribution in [0.5, 0.6) is 0 Å². The smallest absolute Gasteiger partial charge is 0.270 e. The van der Waals surface area contributed by atoms with E-state index in [2.05, 4.69) is 0 Å². The van der Waals surface area contributed by atoms with E-state index in [4.69, 9.17) is 0 Å². The van der Waals surface area contributed by atoms with Crippen LogP contribution in [-0.4, -0.2) is 16.7 Å². The Hall–Kier alpha value is -0.930. The first-order valence-electron chi connectivity index (χ1n) is 4.29. The van der Waals surface area contributed by atoms with Crippen LogP contribution in [0.15, 0.2) is 0 Å². The fourth-order valence-electron chi connectivity index (χ4n) is 1.07. The molecule has 0 aromatic heterocycles. The van der Waals surface area contributed by atoms with Crippen molar-refractivity contribution in [1.29, 1.82) is 0 Å². The summed E-state index contributed by atoms with van der Waals surface area (Å²) in [5.74, 6) is -0.232. The van der Waals surface area contributed by atoms with Crippen molar-refractivity contribution in [1.82, 2.24) is 0 Å². The fourth-order valence-corrected chi connectivity index (χ4v) is 1.07. The number of Topliss-reactive ketones (excluding diaryl/α,β-unsaturated/α-hetero) is 1. The molecule has 0 aliphatic carbocycles. The quantitative estimate of drug-likeness (QED) is 0.454. The molecule has 70 valence electrons. The highest BCUT2D eigenvalue weighted by molar-refractivity contribution is 5.82. The van der Waals surface area contributed by atoms with Gasteiger partial charge in [0.1, 0.15) is 0 Å². The highest BCUT2D eigenvalue weighted by Gasteiger charge is 2.26. The van der Waals surface area contributed by atoms with Crippen molar-refractivity contribution in [3.8, 4) is 0 Å². The maximum Gasteiger partial charge on any atom is 0.270 e. The molecule has 0 aliphatic heterocycles. The molecule has 0 aliphatic rings. The number of ketones is 1. The Morgan fingerprint density at radius 1 is 1.42 bits per heavy atom. The summed E-state index contributed by atoms with van der Waals surface area (Å²) in [5.41, 5.74) is 0. The third-order valence-electron chi connectivity index (χ3n) is 1.68. The summed E-state index contributed by atoms with van der Waals surface area (Å²) in [6, 6.07) is -0.963. The zero-order chi connectivity index (χ0) is 9.56. The van der Waals surface area contributed by atoms with E-state index in [9.17, 15) is 14.9 Å². The summed E-state index contributed by atoms with van der Waals surface area (Å²) in [4.78, 5) is 21.1. The van der Waals surface area contributed by atoms with Gasteiger partial charge in [0.15, 0.2) is 0 Å². The molecule has 0 aromatic rings. The first-order valence-corrected chi connectivity index (χ1v) is 4.29. The first kappa shape index (κ1) is 11.1. The summed E-state index contributed by atoms with van der Waals surface area (Å²) >= 11 is 0. The van der Waals surface area contributed by atoms with Crippen molar-refractivity contribution in [2.45, 2.75) is 45.6 Å². The molecule has 1 unspecified atom stereocenters. The molecule has 4 nitrogen and oxygen atoms in total. The van der Waals surface area contributed by atoms with Crippen molar-refractivity contribution >= 4 is 5.78 Å². The lowest BCUT2D eigenvalue weighted by Gasteiger charge is -2.05. The Labute approximate surface area is 72.1 Å². The van der Waals surface area contributed by atoms with Gasteiger partial charge < -0.3 is 0 Å². The molecule has 0 aromatic carbocycles. The lowest BCUT2D eigenvalue weighted by atomic mass is 10.0. The minimum atomic E-state index is -0.963. The van der Waals surface area contributed by atoms with Gasteiger partial charge in [-0.3, -0.25) is 14.9 Å². The van der Waals surface area contributed by atoms with Crippen molar-refractivity contribution in [3.05, 3.63) is 10.1 Å². The Morgan fingerprint density at radius 2 is 2.00 bits per heavy atom. The highest BCUT2D eigenvalue weighted by atomic mass is 16.6. The fraction of sp³-hybridized carbons (Fsp3) is 0.875. The van der Waals surface area contributed by atoms with Crippen LogP contribution in [0.4, 0.5) is 0 Å². The van der Waals surface area contributed by atoms with E-state index in [0.717, 1.165) is 0 Å². The number of rotatable bonds is 6. The zero-order valence-electron chi connectivity index (χ0n) is 7.58. The molecule has 4 heteroatoms. The van der Waals surface area contributed by atoms with E-state index in [1.807, 2.05) is 13.8 Å². The van der Waals surface area contributed by atoms with Crippen LogP contribution in [0.25, 0.3) is 0 Å². The molecule has 0 saturated carbocycles. The summed E-state index contributed by atoms with van der Waals surface area (Å²) in [6.45, 7) is 3.69. The predicted octanol–water partition coefficient (Wildman–Crippen LogP) is 1.80. The third-order valence-corrected chi connectivity index (χ3v) is 1.68. The number of nitro groups is 1. The monoisotopic (exact) mass is 173 g/mol. The van der Waals surface area contributed by atoms with Gasteiger partial charge in [0, 0.05) is 17.8 Å². The molecular weight excluding hydrogens is 158 g/mol. The van der Waals surface area contributed by atoms with Crippen LogP contribution in [0.1, 0.15) is 39.5 Å². The maximum atomic E-state index is 11.1. The lowest BCUT2D eigenvalue weighted by molar-refractivity contribution is -0.508. The second-order valence-corrected chi connectivity index (χ2v) is 2.81. The molecule has 0 spiro atoms. The molecule has 0 heterocycles. The molecule has 0 saturated heterocycles. The van der Waals surface area contributed by atoms with E-state index in [0.29, 0.717) is 25.7 Å². The van der Waals surface area contributed by atoms with Gasteiger partial charge in [-0.25, -0.2) is 0 Å². The van der Waals surface area contributed by atoms with E-state index < -0.39 is 11.0 Å². The maximum absolute atomic E-state index is 11.1. The van der Waals surface area contributed by atoms with Gasteiger partial charge in [0.25, 0.3) is 6.04 Å². The van der Waals surface area contributed by atoms with Gasteiger partial charge in [0.2, 0.25) is 5.78 Å². The number of nitrogens with zero attached hydrogens (tertiary/aromatic N) is 1. The van der Waals surface area contributed by atoms with Crippen LogP contribution >= 0.6 is 0 Å². The van der Waals surface area contributed by atoms with Crippen LogP contribution in [0.2, 0.25) is 0 Å². The van der Waals surface area contributed by atoms with Gasteiger partial charge in [-0.2, -0.15) is 0 Å². The second kappa shape index (κ2) is 5.69. The highest BCUT2D eigenvalue weighted by Crippen LogP contribution is 2.06. The predicted molar refractivity (Wildman–Crippen MR) is 45.6 cm³/mol. The van der Waals surface area contributed by atoms with Crippen LogP contribution in [0, 0.1) is 10.1 Å². The van der Waals surface area contributed by atoms with Crippen LogP contribution in [-0.2, 0) is 4.79 Å². The van der Waals surface area contributed by atoms with Crippen LogP contribution in [0.3, 0.4) is 0 Å². The Balaban J connectivity index is 4.09. The number of hydrogen-bond acceptors (Lipinski definition) is 3. The second-order valence-electron chi connectivity index (χ2n) is 2.81. The van der Waals surface area contributed by atoms with E-state index in [-0.39, 0.29) is 5.78 Å². The van der Waals surface area contributed by atoms with Crippen molar-refractivity contribution < 1.29 is 9.72 Å². The van der Waals surface area contributed by atoms with Gasteiger partial charge in [-0.1, -0.05) is 13.8 Å². The largest absolute Gasteiger partial charge is 0.292 e. The van der Waals surface area contributed by atoms with E-state index in [1.54, 1.807) is 0 Å². The van der Waals surface area contributed by atoms with Gasteiger partial charge in [-0.15, -0.1) is 0 Å². The molecular formula is C8H15NO3. The summed E-state index contributed by atoms with van der Waals surface area (Å²) in [7, 11) is 0. The Morgan fingerprint density at radius 3 is 2.33 bits per heavy atom. The molecule has 1 atom stereocenters. The lowest BCUT2D eigenvalue weighted by Crippen LogP contribution is -2.29. The minimum Gasteiger partial charge on any atom is -0.292 e. The van der Waals surface area contributed by atoms with Gasteiger partial charge in [0.05, 0.1) is 0 Å². The van der Waals surface area contributed by atoms with Crippen molar-refractivity contribution in [2.24, 2.45) is 0 Å². The average molecular weight is 173 g/mol. The third kappa shape index (κ3) is 3.46. The zero-order valence-corrected chi connectivity index (χ0v) is 7.58. The SMILES string of the molecule is CCCC(=O)C(CCC)[N+](=O)[O-]. The normalized spacial score (nSPS) is 12.5.